The number of methoxy groups -OCH3 is 1. The first-order valence-electron chi connectivity index (χ1n) is 13.4. The van der Waals surface area contributed by atoms with Gasteiger partial charge in [0.25, 0.3) is 11.8 Å². The van der Waals surface area contributed by atoms with Crippen molar-refractivity contribution < 1.29 is 23.9 Å². The molecule has 2 heterocycles. The summed E-state index contributed by atoms with van der Waals surface area (Å²) in [7, 11) is 1.63. The summed E-state index contributed by atoms with van der Waals surface area (Å²) in [6.07, 6.45) is 4.58. The quantitative estimate of drug-likeness (QED) is 0.453. The van der Waals surface area contributed by atoms with E-state index in [9.17, 15) is 14.4 Å². The Kier molecular flexibility index (Phi) is 6.46. The van der Waals surface area contributed by atoms with Crippen molar-refractivity contribution in [1.82, 2.24) is 4.90 Å². The van der Waals surface area contributed by atoms with Crippen molar-refractivity contribution in [2.24, 2.45) is 0 Å². The number of carbonyl (C=O) groups is 3. The van der Waals surface area contributed by atoms with Crippen molar-refractivity contribution in [3.63, 3.8) is 0 Å². The first-order chi connectivity index (χ1) is 18.9. The maximum absolute atomic E-state index is 13.5. The van der Waals surface area contributed by atoms with Crippen LogP contribution >= 0.6 is 0 Å². The number of amides is 3. The summed E-state index contributed by atoms with van der Waals surface area (Å²) >= 11 is 0. The molecule has 0 atom stereocenters. The fourth-order valence-corrected chi connectivity index (χ4v) is 5.76. The van der Waals surface area contributed by atoms with Gasteiger partial charge in [-0.25, -0.2) is 0 Å². The molecule has 6 rings (SSSR count). The van der Waals surface area contributed by atoms with Gasteiger partial charge in [0.05, 0.1) is 19.8 Å². The number of fused-ring (bicyclic) bond motifs is 2. The maximum atomic E-state index is 13.5. The predicted octanol–water partition coefficient (Wildman–Crippen LogP) is 5.29. The van der Waals surface area contributed by atoms with E-state index in [1.807, 2.05) is 48.5 Å². The second-order valence-electron chi connectivity index (χ2n) is 10.5. The lowest BCUT2D eigenvalue weighted by atomic mass is 10.1. The summed E-state index contributed by atoms with van der Waals surface area (Å²) in [4.78, 5) is 41.5. The minimum absolute atomic E-state index is 0.0696. The molecule has 0 radical (unpaired) electrons. The highest BCUT2D eigenvalue weighted by Gasteiger charge is 2.32. The van der Waals surface area contributed by atoms with E-state index in [0.717, 1.165) is 35.2 Å². The van der Waals surface area contributed by atoms with Gasteiger partial charge in [-0.1, -0.05) is 18.2 Å². The molecular formula is C31H31N3O5. The third-order valence-electron chi connectivity index (χ3n) is 7.72. The highest BCUT2D eigenvalue weighted by atomic mass is 16.5. The molecule has 3 aromatic rings. The summed E-state index contributed by atoms with van der Waals surface area (Å²) in [6, 6.07) is 16.9. The molecule has 3 aromatic carbocycles. The summed E-state index contributed by atoms with van der Waals surface area (Å²) < 4.78 is 11.8. The lowest BCUT2D eigenvalue weighted by Crippen LogP contribution is -2.24. The van der Waals surface area contributed by atoms with E-state index in [2.05, 4.69) is 5.32 Å². The average molecular weight is 526 g/mol. The SMILES string of the molecule is COc1ccc(N2Cc3ccc(CN4Cc5ccc(NC(C)=O)cc5C4=O)cc3C2=O)cc1OC1CCCC1. The van der Waals surface area contributed by atoms with Crippen LogP contribution in [0.25, 0.3) is 0 Å². The molecule has 200 valence electrons. The zero-order chi connectivity index (χ0) is 27.1. The molecule has 3 aliphatic rings. The Morgan fingerprint density at radius 2 is 1.64 bits per heavy atom. The van der Waals surface area contributed by atoms with Crippen LogP contribution in [-0.2, 0) is 24.4 Å². The Bertz CT molecular complexity index is 1480. The molecule has 0 aromatic heterocycles. The van der Waals surface area contributed by atoms with Gasteiger partial charge in [-0.3, -0.25) is 14.4 Å². The second kappa shape index (κ2) is 10.1. The van der Waals surface area contributed by atoms with Crippen LogP contribution in [0.3, 0.4) is 0 Å². The van der Waals surface area contributed by atoms with E-state index in [1.165, 1.54) is 19.8 Å². The van der Waals surface area contributed by atoms with E-state index >= 15 is 0 Å². The number of rotatable bonds is 7. The minimum atomic E-state index is -0.179. The molecule has 0 saturated heterocycles. The minimum Gasteiger partial charge on any atom is -0.493 e. The molecule has 1 saturated carbocycles. The second-order valence-corrected chi connectivity index (χ2v) is 10.5. The Hall–Kier alpha value is -4.33. The molecule has 0 bridgehead atoms. The van der Waals surface area contributed by atoms with Crippen molar-refractivity contribution in [2.45, 2.75) is 58.3 Å². The van der Waals surface area contributed by atoms with Crippen LogP contribution in [0.2, 0.25) is 0 Å². The van der Waals surface area contributed by atoms with Crippen molar-refractivity contribution in [2.75, 3.05) is 17.3 Å². The summed E-state index contributed by atoms with van der Waals surface area (Å²) in [5, 5.41) is 2.73. The van der Waals surface area contributed by atoms with Crippen molar-refractivity contribution >= 4 is 29.1 Å². The number of benzene rings is 3. The number of nitrogens with one attached hydrogen (secondary N) is 1. The third kappa shape index (κ3) is 4.82. The zero-order valence-corrected chi connectivity index (χ0v) is 22.2. The van der Waals surface area contributed by atoms with E-state index in [-0.39, 0.29) is 23.8 Å². The Balaban J connectivity index is 1.18. The highest BCUT2D eigenvalue weighted by Crippen LogP contribution is 2.38. The van der Waals surface area contributed by atoms with Gasteiger partial charge < -0.3 is 24.6 Å². The van der Waals surface area contributed by atoms with Crippen molar-refractivity contribution in [1.29, 1.82) is 0 Å². The first kappa shape index (κ1) is 25.0. The van der Waals surface area contributed by atoms with E-state index in [0.29, 0.717) is 47.9 Å². The number of hydrogen-bond acceptors (Lipinski definition) is 5. The van der Waals surface area contributed by atoms with Crippen LogP contribution in [0.15, 0.2) is 54.6 Å². The molecule has 1 N–H and O–H groups in total. The van der Waals surface area contributed by atoms with Crippen LogP contribution in [-0.4, -0.2) is 35.8 Å². The van der Waals surface area contributed by atoms with Gasteiger partial charge in [0.15, 0.2) is 11.5 Å². The monoisotopic (exact) mass is 525 g/mol. The molecule has 0 spiro atoms. The van der Waals surface area contributed by atoms with Gasteiger partial charge >= 0.3 is 0 Å². The van der Waals surface area contributed by atoms with Gasteiger partial charge in [0.1, 0.15) is 0 Å². The average Bonchev–Trinajstić information content (AvgIpc) is 3.63. The lowest BCUT2D eigenvalue weighted by molar-refractivity contribution is -0.114. The first-order valence-corrected chi connectivity index (χ1v) is 13.4. The number of nitrogens with zero attached hydrogens (tertiary/aromatic N) is 2. The fraction of sp³-hybridized carbons (Fsp3) is 0.323. The fourth-order valence-electron chi connectivity index (χ4n) is 5.76. The number of carbonyl (C=O) groups excluding carboxylic acids is 3. The molecule has 1 aliphatic carbocycles. The lowest BCUT2D eigenvalue weighted by Gasteiger charge is -2.20. The normalized spacial score (nSPS) is 16.5. The molecule has 1 fully saturated rings. The Morgan fingerprint density at radius 1 is 0.897 bits per heavy atom. The van der Waals surface area contributed by atoms with Crippen LogP contribution in [0, 0.1) is 0 Å². The molecule has 8 heteroatoms. The van der Waals surface area contributed by atoms with Crippen LogP contribution in [0.5, 0.6) is 11.5 Å². The highest BCUT2D eigenvalue weighted by molar-refractivity contribution is 6.10. The van der Waals surface area contributed by atoms with Crippen LogP contribution < -0.4 is 19.7 Å². The Morgan fingerprint density at radius 3 is 2.41 bits per heavy atom. The van der Waals surface area contributed by atoms with Gasteiger partial charge in [-0.15, -0.1) is 0 Å². The molecule has 0 unspecified atom stereocenters. The number of anilines is 2. The standard InChI is InChI=1S/C31H31N3O5/c1-19(35)32-23-10-9-21-17-33(30(36)27(21)14-23)16-20-7-8-22-18-34(31(37)26(22)13-20)24-11-12-28(38-2)29(15-24)39-25-5-3-4-6-25/h7-15,25H,3-6,16-18H2,1-2H3,(H,32,35). The zero-order valence-electron chi connectivity index (χ0n) is 22.2. The largest absolute Gasteiger partial charge is 0.493 e. The smallest absolute Gasteiger partial charge is 0.258 e. The third-order valence-corrected chi connectivity index (χ3v) is 7.72. The summed E-state index contributed by atoms with van der Waals surface area (Å²) in [5.74, 6) is 0.998. The van der Waals surface area contributed by atoms with E-state index < -0.39 is 0 Å². The van der Waals surface area contributed by atoms with Gasteiger partial charge in [-0.2, -0.15) is 0 Å². The molecule has 3 amide bonds. The number of ether oxygens (including phenoxy) is 2. The predicted molar refractivity (Wildman–Crippen MR) is 147 cm³/mol. The summed E-state index contributed by atoms with van der Waals surface area (Å²) in [5.41, 5.74) is 5.40. The van der Waals surface area contributed by atoms with Crippen LogP contribution in [0.1, 0.15) is 70.0 Å². The molecule has 2 aliphatic heterocycles. The molecule has 39 heavy (non-hydrogen) atoms. The van der Waals surface area contributed by atoms with Gasteiger partial charge in [0.2, 0.25) is 5.91 Å². The van der Waals surface area contributed by atoms with E-state index in [4.69, 9.17) is 9.47 Å². The molecule has 8 nitrogen and oxygen atoms in total. The topological polar surface area (TPSA) is 88.2 Å². The van der Waals surface area contributed by atoms with Crippen molar-refractivity contribution in [3.8, 4) is 11.5 Å². The maximum Gasteiger partial charge on any atom is 0.258 e. The number of hydrogen-bond donors (Lipinski definition) is 1. The van der Waals surface area contributed by atoms with Gasteiger partial charge in [-0.05, 0) is 72.7 Å². The van der Waals surface area contributed by atoms with Crippen LogP contribution in [0.4, 0.5) is 11.4 Å². The Labute approximate surface area is 227 Å². The molecular weight excluding hydrogens is 494 g/mol. The summed E-state index contributed by atoms with van der Waals surface area (Å²) in [6.45, 7) is 2.80. The van der Waals surface area contributed by atoms with E-state index in [1.54, 1.807) is 23.0 Å². The van der Waals surface area contributed by atoms with Gasteiger partial charge in [0, 0.05) is 48.6 Å². The van der Waals surface area contributed by atoms with Crippen molar-refractivity contribution in [3.05, 3.63) is 82.4 Å².